The first kappa shape index (κ1) is 24.2. The maximum absolute atomic E-state index is 12.7. The molecular formula is C27H35N5O5. The molecule has 7 rings (SSSR count). The zero-order chi connectivity index (χ0) is 25.7. The van der Waals surface area contributed by atoms with Crippen molar-refractivity contribution in [2.45, 2.75) is 82.0 Å². The Hall–Kier alpha value is -3.17. The minimum atomic E-state index is -0.307. The Morgan fingerprint density at radius 1 is 1.16 bits per heavy atom. The van der Waals surface area contributed by atoms with E-state index in [1.54, 1.807) is 16.6 Å². The smallest absolute Gasteiger partial charge is 0.410 e. The van der Waals surface area contributed by atoms with E-state index in [0.717, 1.165) is 68.7 Å². The second-order valence-electron chi connectivity index (χ2n) is 11.3. The molecule has 1 amide bonds. The average Bonchev–Trinajstić information content (AvgIpc) is 3.63. The van der Waals surface area contributed by atoms with E-state index in [1.165, 1.54) is 7.11 Å². The fraction of sp³-hybridized carbons (Fsp3) is 0.667. The number of aryl methyl sites for hydroxylation is 1. The number of ether oxygens (including phenoxy) is 3. The van der Waals surface area contributed by atoms with Crippen molar-refractivity contribution in [3.63, 3.8) is 0 Å². The summed E-state index contributed by atoms with van der Waals surface area (Å²) in [5.74, 6) is 1.65. The molecule has 198 valence electrons. The van der Waals surface area contributed by atoms with Gasteiger partial charge in [-0.25, -0.2) is 14.5 Å². The van der Waals surface area contributed by atoms with Crippen LogP contribution in [0.5, 0.6) is 5.75 Å². The van der Waals surface area contributed by atoms with Crippen molar-refractivity contribution < 1.29 is 23.8 Å². The van der Waals surface area contributed by atoms with Gasteiger partial charge in [0, 0.05) is 25.6 Å². The maximum Gasteiger partial charge on any atom is 0.410 e. The van der Waals surface area contributed by atoms with E-state index in [1.807, 2.05) is 19.2 Å². The largest absolute Gasteiger partial charge is 0.488 e. The van der Waals surface area contributed by atoms with Crippen LogP contribution in [0.25, 0.3) is 11.4 Å². The average molecular weight is 510 g/mol. The van der Waals surface area contributed by atoms with Crippen LogP contribution in [0.3, 0.4) is 0 Å². The number of hydrogen-bond acceptors (Lipinski definition) is 8. The number of aromatic nitrogens is 4. The van der Waals surface area contributed by atoms with Crippen molar-refractivity contribution in [1.29, 1.82) is 0 Å². The molecule has 0 aromatic carbocycles. The molecule has 2 aromatic rings. The molecule has 10 nitrogen and oxygen atoms in total. The minimum Gasteiger partial charge on any atom is -0.488 e. The second-order valence-corrected chi connectivity index (χ2v) is 11.3. The first-order chi connectivity index (χ1) is 17.9. The van der Waals surface area contributed by atoms with E-state index in [9.17, 15) is 9.59 Å². The van der Waals surface area contributed by atoms with Crippen molar-refractivity contribution in [1.82, 2.24) is 24.9 Å². The molecule has 10 heteroatoms. The van der Waals surface area contributed by atoms with Gasteiger partial charge in [0.1, 0.15) is 23.7 Å². The second kappa shape index (κ2) is 9.29. The van der Waals surface area contributed by atoms with Crippen LogP contribution in [0, 0.1) is 11.8 Å². The highest BCUT2D eigenvalue weighted by Crippen LogP contribution is 2.60. The number of rotatable bonds is 8. The van der Waals surface area contributed by atoms with Gasteiger partial charge in [0.25, 0.3) is 0 Å². The number of methoxy groups -OCH3 is 1. The predicted octanol–water partition coefficient (Wildman–Crippen LogP) is 3.99. The van der Waals surface area contributed by atoms with Gasteiger partial charge < -0.3 is 19.1 Å². The molecule has 37 heavy (non-hydrogen) atoms. The van der Waals surface area contributed by atoms with Crippen LogP contribution in [-0.4, -0.2) is 62.7 Å². The molecule has 0 N–H and O–H groups in total. The monoisotopic (exact) mass is 509 g/mol. The Balaban J connectivity index is 1.17. The van der Waals surface area contributed by atoms with Crippen molar-refractivity contribution in [2.75, 3.05) is 14.2 Å². The Bertz CT molecular complexity index is 1190. The Kier molecular flexibility index (Phi) is 6.07. The van der Waals surface area contributed by atoms with Crippen LogP contribution in [0.4, 0.5) is 4.79 Å². The van der Waals surface area contributed by atoms with Crippen LogP contribution in [-0.2, 0) is 27.9 Å². The van der Waals surface area contributed by atoms with Gasteiger partial charge in [-0.2, -0.15) is 0 Å². The van der Waals surface area contributed by atoms with Gasteiger partial charge >= 0.3 is 12.1 Å². The lowest BCUT2D eigenvalue weighted by Crippen LogP contribution is -2.68. The summed E-state index contributed by atoms with van der Waals surface area (Å²) >= 11 is 0. The number of pyridine rings is 1. The first-order valence-corrected chi connectivity index (χ1v) is 13.4. The molecule has 2 aromatic heterocycles. The van der Waals surface area contributed by atoms with Gasteiger partial charge in [-0.05, 0) is 75.8 Å². The molecule has 5 aliphatic rings. The highest BCUT2D eigenvalue weighted by Gasteiger charge is 2.60. The van der Waals surface area contributed by atoms with E-state index < -0.39 is 0 Å². The van der Waals surface area contributed by atoms with Crippen LogP contribution < -0.4 is 4.74 Å². The molecule has 5 aliphatic carbocycles. The molecule has 2 heterocycles. The topological polar surface area (TPSA) is 109 Å². The number of amides is 1. The fourth-order valence-electron chi connectivity index (χ4n) is 6.16. The zero-order valence-electron chi connectivity index (χ0n) is 21.8. The number of hydrogen-bond donors (Lipinski definition) is 0. The summed E-state index contributed by atoms with van der Waals surface area (Å²) < 4.78 is 18.7. The van der Waals surface area contributed by atoms with Gasteiger partial charge in [-0.1, -0.05) is 5.21 Å². The van der Waals surface area contributed by atoms with Gasteiger partial charge in [-0.3, -0.25) is 4.79 Å². The number of esters is 1. The third-order valence-corrected chi connectivity index (χ3v) is 8.81. The molecule has 0 spiro atoms. The summed E-state index contributed by atoms with van der Waals surface area (Å²) in [6.45, 7) is 0.0806. The van der Waals surface area contributed by atoms with E-state index >= 15 is 0 Å². The van der Waals surface area contributed by atoms with Crippen LogP contribution in [0.2, 0.25) is 0 Å². The molecule has 5 fully saturated rings. The standard InChI is InChI=1S/C27H35N5O5/c1-31(27-12-16(13-27)14-27)26(34)36-15-21-24(29-30-32(21)2)20-9-10-22(23(28-20)17-7-8-17)37-19-6-4-5-18(11-19)25(33)35-3/h9-10,16-19H,4-8,11-15H2,1-3H3/t16?,18-,19-,27?/m0/s1. The Labute approximate surface area is 216 Å². The third kappa shape index (κ3) is 4.44. The summed E-state index contributed by atoms with van der Waals surface area (Å²) in [7, 11) is 5.07. The normalized spacial score (nSPS) is 28.0. The predicted molar refractivity (Wildman–Crippen MR) is 133 cm³/mol. The molecule has 0 radical (unpaired) electrons. The van der Waals surface area contributed by atoms with Gasteiger partial charge in [0.05, 0.1) is 30.5 Å². The first-order valence-electron chi connectivity index (χ1n) is 13.4. The quantitative estimate of drug-likeness (QED) is 0.492. The van der Waals surface area contributed by atoms with Gasteiger partial charge in [0.15, 0.2) is 0 Å². The fourth-order valence-corrected chi connectivity index (χ4v) is 6.16. The molecule has 0 unspecified atom stereocenters. The summed E-state index contributed by atoms with van der Waals surface area (Å²) in [5, 5.41) is 8.54. The molecule has 0 aliphatic heterocycles. The zero-order valence-corrected chi connectivity index (χ0v) is 21.8. The Morgan fingerprint density at radius 3 is 2.62 bits per heavy atom. The SMILES string of the molecule is COC(=O)[C@H]1CCC[C@H](Oc2ccc(-c3nnn(C)c3COC(=O)N(C)C34CC(C3)C4)nc2C2CC2)C1. The van der Waals surface area contributed by atoms with Crippen LogP contribution >= 0.6 is 0 Å². The summed E-state index contributed by atoms with van der Waals surface area (Å²) in [4.78, 5) is 31.5. The highest BCUT2D eigenvalue weighted by molar-refractivity contribution is 5.72. The van der Waals surface area contributed by atoms with E-state index in [-0.39, 0.29) is 36.2 Å². The third-order valence-electron chi connectivity index (χ3n) is 8.81. The summed E-state index contributed by atoms with van der Waals surface area (Å²) in [6, 6.07) is 3.85. The number of nitrogens with zero attached hydrogens (tertiary/aromatic N) is 5. The van der Waals surface area contributed by atoms with Crippen LogP contribution in [0.15, 0.2) is 12.1 Å². The van der Waals surface area contributed by atoms with Crippen molar-refractivity contribution in [2.24, 2.45) is 18.9 Å². The molecule has 5 saturated carbocycles. The van der Waals surface area contributed by atoms with E-state index in [2.05, 4.69) is 10.3 Å². The Morgan fingerprint density at radius 2 is 1.95 bits per heavy atom. The summed E-state index contributed by atoms with van der Waals surface area (Å²) in [5.41, 5.74) is 2.95. The lowest BCUT2D eigenvalue weighted by Gasteiger charge is -2.64. The lowest BCUT2D eigenvalue weighted by molar-refractivity contribution is -0.147. The molecular weight excluding hydrogens is 474 g/mol. The minimum absolute atomic E-state index is 0.0149. The molecule has 2 bridgehead atoms. The van der Waals surface area contributed by atoms with Crippen molar-refractivity contribution >= 4 is 12.1 Å². The van der Waals surface area contributed by atoms with Gasteiger partial charge in [0.2, 0.25) is 0 Å². The number of carbonyl (C=O) groups is 2. The highest BCUT2D eigenvalue weighted by atomic mass is 16.6. The number of carbonyl (C=O) groups excluding carboxylic acids is 2. The van der Waals surface area contributed by atoms with Crippen molar-refractivity contribution in [3.05, 3.63) is 23.5 Å². The summed E-state index contributed by atoms with van der Waals surface area (Å²) in [6.07, 6.45) is 8.42. The van der Waals surface area contributed by atoms with Gasteiger partial charge in [-0.15, -0.1) is 5.10 Å². The maximum atomic E-state index is 12.7. The van der Waals surface area contributed by atoms with Crippen LogP contribution in [0.1, 0.15) is 75.1 Å². The molecule has 0 saturated heterocycles. The van der Waals surface area contributed by atoms with Crippen molar-refractivity contribution in [3.8, 4) is 17.1 Å². The lowest BCUT2D eigenvalue weighted by atomic mass is 9.49. The van der Waals surface area contributed by atoms with E-state index in [4.69, 9.17) is 19.2 Å². The van der Waals surface area contributed by atoms with E-state index in [0.29, 0.717) is 29.4 Å². The molecule has 2 atom stereocenters.